The number of rotatable bonds is 1. The van der Waals surface area contributed by atoms with Crippen LogP contribution >= 0.6 is 0 Å². The molecule has 5 nitrogen and oxygen atoms in total. The van der Waals surface area contributed by atoms with Crippen LogP contribution in [-0.4, -0.2) is 21.0 Å². The lowest BCUT2D eigenvalue weighted by atomic mass is 10.3. The average Bonchev–Trinajstić information content (AvgIpc) is 2.57. The van der Waals surface area contributed by atoms with Crippen molar-refractivity contribution in [2.24, 2.45) is 7.05 Å². The molecule has 1 aromatic heterocycles. The van der Waals surface area contributed by atoms with Crippen LogP contribution in [0.3, 0.4) is 0 Å². The Labute approximate surface area is 104 Å². The van der Waals surface area contributed by atoms with E-state index in [1.165, 1.54) is 10.7 Å². The normalized spacial score (nSPS) is 9.28. The Morgan fingerprint density at radius 1 is 1.39 bits per heavy atom. The number of nitrogens with zero attached hydrogens (tertiary/aromatic N) is 2. The Morgan fingerprint density at radius 3 is 2.33 bits per heavy atom. The summed E-state index contributed by atoms with van der Waals surface area (Å²) in [4.78, 5) is 10.1. The van der Waals surface area contributed by atoms with Crippen molar-refractivity contribution in [1.82, 2.24) is 9.78 Å². The van der Waals surface area contributed by atoms with Gasteiger partial charge in [0.25, 0.3) is 0 Å². The van der Waals surface area contributed by atoms with Crippen molar-refractivity contribution in [2.75, 3.05) is 5.32 Å². The van der Waals surface area contributed by atoms with Crippen LogP contribution in [-0.2, 0) is 7.05 Å². The number of aromatic nitrogens is 2. The molecule has 0 aliphatic heterocycles. The fourth-order valence-electron chi connectivity index (χ4n) is 1.22. The molecule has 1 heterocycles. The molecule has 0 radical (unpaired) electrons. The monoisotopic (exact) mass is 251 g/mol. The third-order valence-corrected chi connectivity index (χ3v) is 1.97. The van der Waals surface area contributed by atoms with E-state index in [1.807, 2.05) is 6.07 Å². The molecule has 2 N–H and O–H groups in total. The number of anilines is 1. The lowest BCUT2D eigenvalue weighted by molar-refractivity contribution is 0.210. The first-order valence-corrected chi connectivity index (χ1v) is 5.20. The van der Waals surface area contributed by atoms with E-state index >= 15 is 0 Å². The second-order valence-corrected chi connectivity index (χ2v) is 3.53. The van der Waals surface area contributed by atoms with Gasteiger partial charge in [-0.05, 0) is 19.1 Å². The largest absolute Gasteiger partial charge is 0.465 e. The van der Waals surface area contributed by atoms with Crippen molar-refractivity contribution in [3.63, 3.8) is 0 Å². The summed E-state index contributed by atoms with van der Waals surface area (Å²) in [5.41, 5.74) is 1.31. The Balaban J connectivity index is 0.000000184. The molecule has 0 saturated heterocycles. The fourth-order valence-corrected chi connectivity index (χ4v) is 1.22. The molecule has 0 bridgehead atoms. The Hall–Kier alpha value is -2.37. The summed E-state index contributed by atoms with van der Waals surface area (Å²) in [5, 5.41) is 14.2. The number of benzene rings is 1. The van der Waals surface area contributed by atoms with Crippen LogP contribution in [0.25, 0.3) is 0 Å². The first kappa shape index (κ1) is 13.7. The van der Waals surface area contributed by atoms with E-state index in [0.29, 0.717) is 11.4 Å². The van der Waals surface area contributed by atoms with E-state index in [9.17, 15) is 9.18 Å². The standard InChI is InChI=1S/C7H7NO2.C5H7FN2/c9-7(10)8-6-4-2-1-3-5-6;1-4-3-5(6)8(2)7-4/h1-5,8H,(H,9,10);3H,1-2H3. The zero-order chi connectivity index (χ0) is 13.5. The van der Waals surface area contributed by atoms with E-state index in [-0.39, 0.29) is 5.95 Å². The van der Waals surface area contributed by atoms with Gasteiger partial charge in [0.1, 0.15) is 0 Å². The number of halogens is 1. The molecule has 0 atom stereocenters. The smallest absolute Gasteiger partial charge is 0.409 e. The highest BCUT2D eigenvalue weighted by molar-refractivity contribution is 5.82. The van der Waals surface area contributed by atoms with Crippen molar-refractivity contribution in [3.05, 3.63) is 48.0 Å². The molecule has 18 heavy (non-hydrogen) atoms. The second kappa shape index (κ2) is 6.39. The van der Waals surface area contributed by atoms with Gasteiger partial charge in [0.15, 0.2) is 0 Å². The number of carboxylic acid groups (broad SMARTS) is 1. The summed E-state index contributed by atoms with van der Waals surface area (Å²) < 4.78 is 13.4. The molecule has 0 spiro atoms. The third-order valence-electron chi connectivity index (χ3n) is 1.97. The van der Waals surface area contributed by atoms with Crippen molar-refractivity contribution in [2.45, 2.75) is 6.92 Å². The van der Waals surface area contributed by atoms with Gasteiger partial charge in [-0.1, -0.05) is 18.2 Å². The zero-order valence-electron chi connectivity index (χ0n) is 10.1. The molecule has 6 heteroatoms. The highest BCUT2D eigenvalue weighted by Crippen LogP contribution is 2.03. The molecule has 0 fully saturated rings. The van der Waals surface area contributed by atoms with Crippen molar-refractivity contribution < 1.29 is 14.3 Å². The van der Waals surface area contributed by atoms with E-state index in [4.69, 9.17) is 5.11 Å². The summed E-state index contributed by atoms with van der Waals surface area (Å²) in [7, 11) is 1.57. The van der Waals surface area contributed by atoms with E-state index in [2.05, 4.69) is 10.4 Å². The molecule has 0 unspecified atom stereocenters. The Morgan fingerprint density at radius 2 is 2.00 bits per heavy atom. The first-order valence-electron chi connectivity index (χ1n) is 5.20. The van der Waals surface area contributed by atoms with Gasteiger partial charge < -0.3 is 5.11 Å². The SMILES string of the molecule is Cc1cc(F)n(C)n1.O=C(O)Nc1ccccc1. The zero-order valence-corrected chi connectivity index (χ0v) is 10.1. The highest BCUT2D eigenvalue weighted by Gasteiger charge is 1.96. The minimum Gasteiger partial charge on any atom is -0.465 e. The van der Waals surface area contributed by atoms with Crippen LogP contribution in [0.4, 0.5) is 14.9 Å². The van der Waals surface area contributed by atoms with E-state index in [1.54, 1.807) is 38.2 Å². The number of hydrogen-bond acceptors (Lipinski definition) is 2. The molecular weight excluding hydrogens is 237 g/mol. The molecule has 2 aromatic rings. The Kier molecular flexibility index (Phi) is 4.86. The van der Waals surface area contributed by atoms with Crippen LogP contribution in [0.1, 0.15) is 5.69 Å². The summed E-state index contributed by atoms with van der Waals surface area (Å²) in [6, 6.07) is 10.1. The maximum Gasteiger partial charge on any atom is 0.409 e. The lowest BCUT2D eigenvalue weighted by Crippen LogP contribution is -2.06. The van der Waals surface area contributed by atoms with Crippen molar-refractivity contribution in [1.29, 1.82) is 0 Å². The van der Waals surface area contributed by atoms with Crippen LogP contribution < -0.4 is 5.32 Å². The molecule has 96 valence electrons. The van der Waals surface area contributed by atoms with Gasteiger partial charge >= 0.3 is 6.09 Å². The molecule has 2 rings (SSSR count). The topological polar surface area (TPSA) is 67.2 Å². The van der Waals surface area contributed by atoms with Gasteiger partial charge in [0.05, 0.1) is 5.69 Å². The number of para-hydroxylation sites is 1. The average molecular weight is 251 g/mol. The quantitative estimate of drug-likeness (QED) is 0.818. The molecule has 0 aliphatic rings. The second-order valence-electron chi connectivity index (χ2n) is 3.53. The molecule has 1 aromatic carbocycles. The number of amides is 1. The van der Waals surface area contributed by atoms with Gasteiger partial charge in [-0.25, -0.2) is 9.48 Å². The minimum absolute atomic E-state index is 0.289. The minimum atomic E-state index is -1.04. The van der Waals surface area contributed by atoms with Gasteiger partial charge in [-0.15, -0.1) is 0 Å². The van der Waals surface area contributed by atoms with Crippen LogP contribution in [0.15, 0.2) is 36.4 Å². The van der Waals surface area contributed by atoms with Crippen molar-refractivity contribution in [3.8, 4) is 0 Å². The maximum absolute atomic E-state index is 12.2. The van der Waals surface area contributed by atoms with Crippen LogP contribution in [0.2, 0.25) is 0 Å². The van der Waals surface area contributed by atoms with Crippen LogP contribution in [0.5, 0.6) is 0 Å². The van der Waals surface area contributed by atoms with Crippen LogP contribution in [0, 0.1) is 12.9 Å². The fraction of sp³-hybridized carbons (Fsp3) is 0.167. The van der Waals surface area contributed by atoms with Crippen molar-refractivity contribution >= 4 is 11.8 Å². The maximum atomic E-state index is 12.2. The predicted octanol–water partition coefficient (Wildman–Crippen LogP) is 2.64. The summed E-state index contributed by atoms with van der Waals surface area (Å²) >= 11 is 0. The summed E-state index contributed by atoms with van der Waals surface area (Å²) in [5.74, 6) is -0.289. The number of nitrogens with one attached hydrogen (secondary N) is 1. The Bertz CT molecular complexity index is 492. The highest BCUT2D eigenvalue weighted by atomic mass is 19.1. The molecule has 0 aliphatic carbocycles. The summed E-state index contributed by atoms with van der Waals surface area (Å²) in [6.07, 6.45) is -1.04. The van der Waals surface area contributed by atoms with E-state index < -0.39 is 6.09 Å². The van der Waals surface area contributed by atoms with Gasteiger partial charge in [-0.2, -0.15) is 9.49 Å². The molecule has 1 amide bonds. The van der Waals surface area contributed by atoms with Gasteiger partial charge in [-0.3, -0.25) is 5.32 Å². The predicted molar refractivity (Wildman–Crippen MR) is 66.0 cm³/mol. The number of aryl methyl sites for hydroxylation is 2. The first-order chi connectivity index (χ1) is 8.49. The lowest BCUT2D eigenvalue weighted by Gasteiger charge is -1.96. The van der Waals surface area contributed by atoms with E-state index in [0.717, 1.165) is 0 Å². The van der Waals surface area contributed by atoms with Gasteiger partial charge in [0, 0.05) is 18.8 Å². The van der Waals surface area contributed by atoms with Gasteiger partial charge in [0.2, 0.25) is 5.95 Å². The molecule has 0 saturated carbocycles. The third kappa shape index (κ3) is 4.65. The number of carbonyl (C=O) groups is 1. The molecular formula is C12H14FN3O2. The number of hydrogen-bond donors (Lipinski definition) is 2. The summed E-state index contributed by atoms with van der Waals surface area (Å²) in [6.45, 7) is 1.75.